The first-order valence-corrected chi connectivity index (χ1v) is 5.77. The highest BCUT2D eigenvalue weighted by Crippen LogP contribution is 1.87. The molecule has 0 aliphatic heterocycles. The fourth-order valence-corrected chi connectivity index (χ4v) is 1.08. The Morgan fingerprint density at radius 3 is 2.50 bits per heavy atom. The molecule has 2 atom stereocenters. The van der Waals surface area contributed by atoms with E-state index in [9.17, 15) is 5.11 Å². The zero-order chi connectivity index (χ0) is 12.2. The van der Waals surface area contributed by atoms with E-state index in [4.69, 9.17) is 14.2 Å². The lowest BCUT2D eigenvalue weighted by Crippen LogP contribution is -2.35. The molecule has 0 heterocycles. The van der Waals surface area contributed by atoms with Crippen LogP contribution in [0.3, 0.4) is 0 Å². The minimum Gasteiger partial charge on any atom is -0.389 e. The van der Waals surface area contributed by atoms with E-state index in [1.807, 2.05) is 13.8 Å². The van der Waals surface area contributed by atoms with Gasteiger partial charge >= 0.3 is 0 Å². The number of hydrogen-bond donors (Lipinski definition) is 2. The fourth-order valence-electron chi connectivity index (χ4n) is 1.08. The molecule has 0 aliphatic carbocycles. The van der Waals surface area contributed by atoms with E-state index >= 15 is 0 Å². The van der Waals surface area contributed by atoms with E-state index in [1.165, 1.54) is 0 Å². The second kappa shape index (κ2) is 11.3. The number of methoxy groups -OCH3 is 1. The van der Waals surface area contributed by atoms with Gasteiger partial charge in [0.05, 0.1) is 32.0 Å². The van der Waals surface area contributed by atoms with Gasteiger partial charge in [-0.15, -0.1) is 0 Å². The summed E-state index contributed by atoms with van der Waals surface area (Å²) in [7, 11) is 1.67. The van der Waals surface area contributed by atoms with Gasteiger partial charge in [0.1, 0.15) is 0 Å². The first-order chi connectivity index (χ1) is 7.70. The quantitative estimate of drug-likeness (QED) is 0.495. The maximum atomic E-state index is 9.52. The lowest BCUT2D eigenvalue weighted by molar-refractivity contribution is 0.00541. The van der Waals surface area contributed by atoms with Crippen LogP contribution in [0, 0.1) is 0 Å². The summed E-state index contributed by atoms with van der Waals surface area (Å²) in [6.07, 6.45) is -0.322. The maximum Gasteiger partial charge on any atom is 0.0897 e. The number of ether oxygens (including phenoxy) is 3. The molecule has 0 amide bonds. The zero-order valence-electron chi connectivity index (χ0n) is 10.6. The number of nitrogens with one attached hydrogen (secondary N) is 1. The molecule has 0 saturated heterocycles. The van der Waals surface area contributed by atoms with E-state index in [0.717, 1.165) is 6.54 Å². The van der Waals surface area contributed by atoms with Crippen LogP contribution in [0.2, 0.25) is 0 Å². The maximum absolute atomic E-state index is 9.52. The van der Waals surface area contributed by atoms with Gasteiger partial charge < -0.3 is 24.6 Å². The fraction of sp³-hybridized carbons (Fsp3) is 1.00. The molecule has 5 heteroatoms. The third-order valence-corrected chi connectivity index (χ3v) is 2.10. The van der Waals surface area contributed by atoms with E-state index in [-0.39, 0.29) is 6.10 Å². The van der Waals surface area contributed by atoms with Crippen molar-refractivity contribution in [3.05, 3.63) is 0 Å². The van der Waals surface area contributed by atoms with Gasteiger partial charge in [-0.05, 0) is 13.8 Å². The Bertz CT molecular complexity index is 146. The Kier molecular flexibility index (Phi) is 11.1. The van der Waals surface area contributed by atoms with Crippen LogP contribution in [0.15, 0.2) is 0 Å². The lowest BCUT2D eigenvalue weighted by atomic mass is 10.3. The Labute approximate surface area is 98.1 Å². The zero-order valence-corrected chi connectivity index (χ0v) is 10.6. The van der Waals surface area contributed by atoms with Gasteiger partial charge in [-0.1, -0.05) is 0 Å². The predicted octanol–water partition coefficient (Wildman–Crippen LogP) is 0.0249. The van der Waals surface area contributed by atoms with Crippen LogP contribution in [0.1, 0.15) is 13.8 Å². The second-order valence-electron chi connectivity index (χ2n) is 3.63. The monoisotopic (exact) mass is 235 g/mol. The number of hydrogen-bond acceptors (Lipinski definition) is 5. The van der Waals surface area contributed by atoms with Crippen molar-refractivity contribution in [3.8, 4) is 0 Å². The van der Waals surface area contributed by atoms with Crippen LogP contribution in [0.5, 0.6) is 0 Å². The molecule has 0 rings (SSSR count). The molecule has 98 valence electrons. The van der Waals surface area contributed by atoms with Gasteiger partial charge in [0.15, 0.2) is 0 Å². The minimum absolute atomic E-state index is 0.158. The van der Waals surface area contributed by atoms with E-state index in [0.29, 0.717) is 33.0 Å². The largest absolute Gasteiger partial charge is 0.389 e. The van der Waals surface area contributed by atoms with Crippen LogP contribution in [-0.2, 0) is 14.2 Å². The Balaban J connectivity index is 3.21. The van der Waals surface area contributed by atoms with E-state index in [2.05, 4.69) is 5.32 Å². The molecule has 0 spiro atoms. The van der Waals surface area contributed by atoms with Crippen molar-refractivity contribution >= 4 is 0 Å². The SMILES string of the molecule is CCOCCOCC(O)CNCC(C)OC. The van der Waals surface area contributed by atoms with Gasteiger partial charge in [0.25, 0.3) is 0 Å². The topological polar surface area (TPSA) is 60.0 Å². The first-order valence-electron chi connectivity index (χ1n) is 5.77. The molecular formula is C11H25NO4. The molecule has 0 bridgehead atoms. The summed E-state index contributed by atoms with van der Waals surface area (Å²) in [5.41, 5.74) is 0. The van der Waals surface area contributed by atoms with Gasteiger partial charge in [-0.25, -0.2) is 0 Å². The summed E-state index contributed by atoms with van der Waals surface area (Å²) in [6.45, 7) is 7.29. The molecule has 0 fully saturated rings. The predicted molar refractivity (Wildman–Crippen MR) is 62.7 cm³/mol. The van der Waals surface area contributed by atoms with Crippen molar-refractivity contribution in [2.75, 3.05) is 46.6 Å². The molecule has 2 N–H and O–H groups in total. The molecule has 0 radical (unpaired) electrons. The van der Waals surface area contributed by atoms with Crippen LogP contribution in [0.4, 0.5) is 0 Å². The molecule has 5 nitrogen and oxygen atoms in total. The van der Waals surface area contributed by atoms with Gasteiger partial charge in [-0.3, -0.25) is 0 Å². The molecule has 16 heavy (non-hydrogen) atoms. The summed E-state index contributed by atoms with van der Waals surface area (Å²) in [5, 5.41) is 12.6. The second-order valence-corrected chi connectivity index (χ2v) is 3.63. The van der Waals surface area contributed by atoms with Gasteiger partial charge in [0.2, 0.25) is 0 Å². The average molecular weight is 235 g/mol. The third kappa shape index (κ3) is 10.3. The van der Waals surface area contributed by atoms with Gasteiger partial charge in [0, 0.05) is 26.8 Å². The third-order valence-electron chi connectivity index (χ3n) is 2.10. The van der Waals surface area contributed by atoms with Crippen molar-refractivity contribution in [1.29, 1.82) is 0 Å². The van der Waals surface area contributed by atoms with Crippen molar-refractivity contribution in [1.82, 2.24) is 5.32 Å². The summed E-state index contributed by atoms with van der Waals surface area (Å²) in [4.78, 5) is 0. The highest BCUT2D eigenvalue weighted by Gasteiger charge is 2.05. The lowest BCUT2D eigenvalue weighted by Gasteiger charge is -2.14. The Morgan fingerprint density at radius 2 is 1.88 bits per heavy atom. The Morgan fingerprint density at radius 1 is 1.19 bits per heavy atom. The number of aliphatic hydroxyl groups excluding tert-OH is 1. The first kappa shape index (κ1) is 15.8. The van der Waals surface area contributed by atoms with Crippen LogP contribution < -0.4 is 5.32 Å². The Hall–Kier alpha value is -0.200. The molecule has 2 unspecified atom stereocenters. The standard InChI is InChI=1S/C11H25NO4/c1-4-15-5-6-16-9-11(13)8-12-7-10(2)14-3/h10-13H,4-9H2,1-3H3. The summed E-state index contributed by atoms with van der Waals surface area (Å²) >= 11 is 0. The molecule has 0 aromatic carbocycles. The smallest absolute Gasteiger partial charge is 0.0897 e. The average Bonchev–Trinajstić information content (AvgIpc) is 2.28. The van der Waals surface area contributed by atoms with Crippen molar-refractivity contribution in [2.24, 2.45) is 0 Å². The van der Waals surface area contributed by atoms with Crippen molar-refractivity contribution < 1.29 is 19.3 Å². The molecular weight excluding hydrogens is 210 g/mol. The molecule has 0 aromatic heterocycles. The van der Waals surface area contributed by atoms with Crippen molar-refractivity contribution in [2.45, 2.75) is 26.1 Å². The highest BCUT2D eigenvalue weighted by atomic mass is 16.5. The minimum atomic E-state index is -0.481. The summed E-state index contributed by atoms with van der Waals surface area (Å²) < 4.78 is 15.4. The number of rotatable bonds is 11. The van der Waals surface area contributed by atoms with Crippen LogP contribution in [-0.4, -0.2) is 63.9 Å². The van der Waals surface area contributed by atoms with E-state index < -0.39 is 6.10 Å². The van der Waals surface area contributed by atoms with Crippen LogP contribution >= 0.6 is 0 Å². The highest BCUT2D eigenvalue weighted by molar-refractivity contribution is 4.61. The van der Waals surface area contributed by atoms with Gasteiger partial charge in [-0.2, -0.15) is 0 Å². The summed E-state index contributed by atoms with van der Waals surface area (Å²) in [5.74, 6) is 0. The van der Waals surface area contributed by atoms with E-state index in [1.54, 1.807) is 7.11 Å². The molecule has 0 aliphatic rings. The van der Waals surface area contributed by atoms with Crippen LogP contribution in [0.25, 0.3) is 0 Å². The van der Waals surface area contributed by atoms with Crippen molar-refractivity contribution in [3.63, 3.8) is 0 Å². The normalized spacial score (nSPS) is 15.0. The molecule has 0 saturated carbocycles. The number of aliphatic hydroxyl groups is 1. The molecule has 0 aromatic rings. The summed E-state index contributed by atoms with van der Waals surface area (Å²) in [6, 6.07) is 0.